The maximum atomic E-state index is 5.22. The van der Waals surface area contributed by atoms with E-state index in [-0.39, 0.29) is 6.04 Å². The van der Waals surface area contributed by atoms with Crippen LogP contribution in [0.5, 0.6) is 0 Å². The summed E-state index contributed by atoms with van der Waals surface area (Å²) >= 11 is 0. The van der Waals surface area contributed by atoms with Crippen LogP contribution in [0.3, 0.4) is 0 Å². The molecule has 3 N–H and O–H groups in total. The van der Waals surface area contributed by atoms with Gasteiger partial charge in [-0.1, -0.05) is 0 Å². The van der Waals surface area contributed by atoms with E-state index in [0.717, 1.165) is 18.8 Å². The zero-order chi connectivity index (χ0) is 6.69. The number of ether oxygens (including phenoxy) is 1. The Morgan fingerprint density at radius 1 is 1.89 bits per heavy atom. The molecular formula is C6H12N2O. The summed E-state index contributed by atoms with van der Waals surface area (Å²) in [6, 6.07) is 0.160. The second-order valence-corrected chi connectivity index (χ2v) is 2.13. The summed E-state index contributed by atoms with van der Waals surface area (Å²) in [4.78, 5) is 0. The van der Waals surface area contributed by atoms with E-state index in [9.17, 15) is 0 Å². The number of hydrogen-bond donors (Lipinski definition) is 2. The van der Waals surface area contributed by atoms with Gasteiger partial charge < -0.3 is 4.74 Å². The van der Waals surface area contributed by atoms with Gasteiger partial charge in [0.25, 0.3) is 0 Å². The summed E-state index contributed by atoms with van der Waals surface area (Å²) in [5, 5.41) is 0. The first-order valence-electron chi connectivity index (χ1n) is 3.13. The minimum absolute atomic E-state index is 0.160. The second kappa shape index (κ2) is 2.85. The number of nitrogens with one attached hydrogen (secondary N) is 1. The molecule has 1 rings (SSSR count). The molecular weight excluding hydrogens is 116 g/mol. The molecule has 0 aliphatic carbocycles. The SMILES string of the molecule is CC(NN)C1=CCCO1. The van der Waals surface area contributed by atoms with Crippen molar-refractivity contribution in [1.29, 1.82) is 0 Å². The highest BCUT2D eigenvalue weighted by molar-refractivity contribution is 5.04. The molecule has 0 aromatic heterocycles. The van der Waals surface area contributed by atoms with Crippen molar-refractivity contribution in [3.63, 3.8) is 0 Å². The van der Waals surface area contributed by atoms with E-state index in [1.165, 1.54) is 0 Å². The van der Waals surface area contributed by atoms with Gasteiger partial charge in [0.05, 0.1) is 12.6 Å². The van der Waals surface area contributed by atoms with Gasteiger partial charge >= 0.3 is 0 Å². The topological polar surface area (TPSA) is 47.3 Å². The highest BCUT2D eigenvalue weighted by atomic mass is 16.5. The van der Waals surface area contributed by atoms with Gasteiger partial charge in [-0.2, -0.15) is 0 Å². The van der Waals surface area contributed by atoms with E-state index < -0.39 is 0 Å². The molecule has 0 saturated heterocycles. The van der Waals surface area contributed by atoms with Crippen molar-refractivity contribution in [1.82, 2.24) is 5.43 Å². The Balaban J connectivity index is 2.40. The van der Waals surface area contributed by atoms with Crippen molar-refractivity contribution in [3.8, 4) is 0 Å². The van der Waals surface area contributed by atoms with Crippen LogP contribution < -0.4 is 11.3 Å². The molecule has 0 fully saturated rings. The van der Waals surface area contributed by atoms with Crippen molar-refractivity contribution in [2.75, 3.05) is 6.61 Å². The molecule has 0 aromatic rings. The van der Waals surface area contributed by atoms with E-state index in [4.69, 9.17) is 10.6 Å². The average molecular weight is 128 g/mol. The first-order valence-corrected chi connectivity index (χ1v) is 3.13. The second-order valence-electron chi connectivity index (χ2n) is 2.13. The molecule has 0 spiro atoms. The van der Waals surface area contributed by atoms with Crippen LogP contribution in [0.15, 0.2) is 11.8 Å². The van der Waals surface area contributed by atoms with Gasteiger partial charge in [0.2, 0.25) is 0 Å². The molecule has 1 unspecified atom stereocenters. The number of hydrazine groups is 1. The van der Waals surface area contributed by atoms with Crippen molar-refractivity contribution in [2.45, 2.75) is 19.4 Å². The summed E-state index contributed by atoms with van der Waals surface area (Å²) in [6.45, 7) is 2.78. The predicted molar refractivity (Wildman–Crippen MR) is 35.4 cm³/mol. The van der Waals surface area contributed by atoms with Crippen molar-refractivity contribution < 1.29 is 4.74 Å². The normalized spacial score (nSPS) is 20.9. The highest BCUT2D eigenvalue weighted by Crippen LogP contribution is 2.11. The van der Waals surface area contributed by atoms with Crippen LogP contribution in [0.2, 0.25) is 0 Å². The van der Waals surface area contributed by atoms with Crippen LogP contribution in [0.25, 0.3) is 0 Å². The fourth-order valence-electron chi connectivity index (χ4n) is 0.821. The lowest BCUT2D eigenvalue weighted by Gasteiger charge is -2.10. The Kier molecular flexibility index (Phi) is 2.08. The maximum Gasteiger partial charge on any atom is 0.110 e. The van der Waals surface area contributed by atoms with Gasteiger partial charge in [-0.25, -0.2) is 0 Å². The maximum absolute atomic E-state index is 5.22. The zero-order valence-corrected chi connectivity index (χ0v) is 5.55. The molecule has 1 aliphatic heterocycles. The highest BCUT2D eigenvalue weighted by Gasteiger charge is 2.10. The van der Waals surface area contributed by atoms with E-state index >= 15 is 0 Å². The number of nitrogens with two attached hydrogens (primary N) is 1. The summed E-state index contributed by atoms with van der Waals surface area (Å²) in [5.74, 6) is 6.15. The van der Waals surface area contributed by atoms with Crippen LogP contribution in [-0.2, 0) is 4.74 Å². The molecule has 0 radical (unpaired) electrons. The molecule has 1 aliphatic rings. The molecule has 0 bridgehead atoms. The largest absolute Gasteiger partial charge is 0.496 e. The van der Waals surface area contributed by atoms with Crippen LogP contribution in [0.4, 0.5) is 0 Å². The number of rotatable bonds is 2. The van der Waals surface area contributed by atoms with Gasteiger partial charge in [0.15, 0.2) is 0 Å². The van der Waals surface area contributed by atoms with E-state index in [1.807, 2.05) is 6.92 Å². The molecule has 0 aromatic carbocycles. The molecule has 3 heteroatoms. The monoisotopic (exact) mass is 128 g/mol. The third-order valence-electron chi connectivity index (χ3n) is 1.41. The molecule has 1 heterocycles. The molecule has 0 saturated carbocycles. The Bertz CT molecular complexity index is 122. The quantitative estimate of drug-likeness (QED) is 0.411. The van der Waals surface area contributed by atoms with Gasteiger partial charge in [0, 0.05) is 6.42 Å². The Morgan fingerprint density at radius 3 is 3.11 bits per heavy atom. The summed E-state index contributed by atoms with van der Waals surface area (Å²) in [5.41, 5.74) is 2.61. The lowest BCUT2D eigenvalue weighted by molar-refractivity contribution is 0.219. The summed E-state index contributed by atoms with van der Waals surface area (Å²) in [7, 11) is 0. The van der Waals surface area contributed by atoms with Crippen LogP contribution >= 0.6 is 0 Å². The Hall–Kier alpha value is -0.540. The van der Waals surface area contributed by atoms with Gasteiger partial charge in [-0.15, -0.1) is 0 Å². The molecule has 0 amide bonds. The standard InChI is InChI=1S/C6H12N2O/c1-5(8-7)6-3-2-4-9-6/h3,5,8H,2,4,7H2,1H3. The fraction of sp³-hybridized carbons (Fsp3) is 0.667. The molecule has 3 nitrogen and oxygen atoms in total. The molecule has 1 atom stereocenters. The molecule has 52 valence electrons. The van der Waals surface area contributed by atoms with Crippen LogP contribution in [-0.4, -0.2) is 12.6 Å². The first kappa shape index (κ1) is 6.58. The van der Waals surface area contributed by atoms with Crippen molar-refractivity contribution >= 4 is 0 Å². The van der Waals surface area contributed by atoms with Crippen molar-refractivity contribution in [2.24, 2.45) is 5.84 Å². The summed E-state index contributed by atoms with van der Waals surface area (Å²) < 4.78 is 5.22. The van der Waals surface area contributed by atoms with E-state index in [0.29, 0.717) is 0 Å². The smallest absolute Gasteiger partial charge is 0.110 e. The summed E-state index contributed by atoms with van der Waals surface area (Å²) in [6.07, 6.45) is 3.08. The minimum atomic E-state index is 0.160. The Labute approximate surface area is 54.8 Å². The van der Waals surface area contributed by atoms with Crippen molar-refractivity contribution in [3.05, 3.63) is 11.8 Å². The van der Waals surface area contributed by atoms with Crippen LogP contribution in [0, 0.1) is 0 Å². The lowest BCUT2D eigenvalue weighted by atomic mass is 10.3. The number of hydrogen-bond acceptors (Lipinski definition) is 3. The lowest BCUT2D eigenvalue weighted by Crippen LogP contribution is -2.34. The average Bonchev–Trinajstić information content (AvgIpc) is 2.37. The Morgan fingerprint density at radius 2 is 2.67 bits per heavy atom. The third-order valence-corrected chi connectivity index (χ3v) is 1.41. The first-order chi connectivity index (χ1) is 4.34. The zero-order valence-electron chi connectivity index (χ0n) is 5.55. The van der Waals surface area contributed by atoms with E-state index in [1.54, 1.807) is 0 Å². The van der Waals surface area contributed by atoms with Crippen LogP contribution in [0.1, 0.15) is 13.3 Å². The van der Waals surface area contributed by atoms with Gasteiger partial charge in [0.1, 0.15) is 5.76 Å². The minimum Gasteiger partial charge on any atom is -0.496 e. The third kappa shape index (κ3) is 1.43. The predicted octanol–water partition coefficient (Wildman–Crippen LogP) is 0.142. The van der Waals surface area contributed by atoms with Gasteiger partial charge in [-0.3, -0.25) is 11.3 Å². The van der Waals surface area contributed by atoms with E-state index in [2.05, 4.69) is 11.5 Å². The fourth-order valence-corrected chi connectivity index (χ4v) is 0.821. The molecule has 9 heavy (non-hydrogen) atoms. The van der Waals surface area contributed by atoms with Gasteiger partial charge in [-0.05, 0) is 13.0 Å².